The molecule has 348 valence electrons. The first-order valence-electron chi connectivity index (χ1n) is 18.8. The van der Waals surface area contributed by atoms with Gasteiger partial charge in [0.25, 0.3) is 11.4 Å². The van der Waals surface area contributed by atoms with Crippen LogP contribution in [0, 0.1) is 20.2 Å². The van der Waals surface area contributed by atoms with Crippen LogP contribution < -0.4 is 9.47 Å². The third kappa shape index (κ3) is 11.7. The van der Waals surface area contributed by atoms with Crippen LogP contribution >= 0.6 is 0 Å². The Morgan fingerprint density at radius 2 is 0.924 bits per heavy atom. The number of carboxylic acid groups (broad SMARTS) is 2. The molecule has 6 rings (SSSR count). The van der Waals surface area contributed by atoms with Gasteiger partial charge in [-0.3, -0.25) is 30.2 Å². The second-order valence-electron chi connectivity index (χ2n) is 13.7. The molecule has 0 radical (unpaired) electrons. The van der Waals surface area contributed by atoms with E-state index in [0.29, 0.717) is 34.7 Å². The average Bonchev–Trinajstić information content (AvgIpc) is 3.28. The Balaban J connectivity index is 0.000000248. The number of carbonyl (C=O) groups is 2. The molecule has 0 saturated carbocycles. The lowest BCUT2D eigenvalue weighted by Gasteiger charge is -2.37. The maximum atomic E-state index is 13.9. The van der Waals surface area contributed by atoms with Gasteiger partial charge in [0, 0.05) is 72.9 Å². The van der Waals surface area contributed by atoms with Crippen molar-refractivity contribution in [2.24, 2.45) is 9.98 Å². The average molecular weight is 929 g/mol. The molecule has 2 aliphatic heterocycles. The number of fused-ring (bicyclic) bond motifs is 2. The lowest BCUT2D eigenvalue weighted by molar-refractivity contribution is -0.385. The number of benzene rings is 4. The number of ether oxygens (including phenoxy) is 4. The van der Waals surface area contributed by atoms with Crippen LogP contribution in [0.25, 0.3) is 12.2 Å². The number of hydrogen-bond acceptors (Lipinski definition) is 12. The van der Waals surface area contributed by atoms with E-state index in [9.17, 15) is 56.2 Å². The van der Waals surface area contributed by atoms with E-state index >= 15 is 0 Å². The molecule has 0 aliphatic carbocycles. The van der Waals surface area contributed by atoms with Crippen molar-refractivity contribution in [3.8, 4) is 11.5 Å². The minimum Gasteiger partial charge on any atom is -0.497 e. The highest BCUT2D eigenvalue weighted by Crippen LogP contribution is 2.48. The normalized spacial score (nSPS) is 17.8. The van der Waals surface area contributed by atoms with E-state index in [1.54, 1.807) is 60.7 Å². The topological polar surface area (TPSA) is 223 Å². The number of aliphatic carboxylic acids is 2. The number of carboxylic acids is 2. The van der Waals surface area contributed by atoms with Crippen molar-refractivity contribution in [2.75, 3.05) is 41.5 Å². The number of aliphatic imine (C=N–C) groups is 2. The SMILES string of the molecule is COc1ccc2c(c1)C(OC)(C(F)(F)F)CN=C2C=Cc1ccc([N+](=O)[O-])cc1.COc1ccc2c(c1)C(OC)(C(F)(F)F)CN=C2C=Cc1ccc([N+](=O)[O-])cc1.O=C(O)C=CC(=O)O. The Morgan fingerprint density at radius 3 is 1.18 bits per heavy atom. The maximum Gasteiger partial charge on any atom is 0.423 e. The van der Waals surface area contributed by atoms with Crippen LogP contribution in [-0.4, -0.2) is 97.3 Å². The first-order chi connectivity index (χ1) is 31.1. The minimum absolute atomic E-state index is 0.0512. The number of non-ortho nitro benzene ring substituents is 2. The van der Waals surface area contributed by atoms with Crippen LogP contribution in [0.5, 0.6) is 11.5 Å². The van der Waals surface area contributed by atoms with E-state index in [-0.39, 0.29) is 45.1 Å². The molecule has 0 bridgehead atoms. The minimum atomic E-state index is -4.68. The number of nitrogens with zero attached hydrogens (tertiary/aromatic N) is 4. The highest BCUT2D eigenvalue weighted by atomic mass is 19.4. The van der Waals surface area contributed by atoms with E-state index in [4.69, 9.17) is 29.2 Å². The van der Waals surface area contributed by atoms with Gasteiger partial charge in [-0.25, -0.2) is 9.59 Å². The van der Waals surface area contributed by atoms with E-state index in [0.717, 1.165) is 14.2 Å². The fraction of sp³-hybridized carbons (Fsp3) is 0.227. The van der Waals surface area contributed by atoms with Gasteiger partial charge in [-0.05, 0) is 83.9 Å². The Morgan fingerprint density at radius 1 is 0.591 bits per heavy atom. The third-order valence-electron chi connectivity index (χ3n) is 9.88. The van der Waals surface area contributed by atoms with Gasteiger partial charge in [-0.15, -0.1) is 0 Å². The third-order valence-corrected chi connectivity index (χ3v) is 9.88. The molecule has 0 aromatic heterocycles. The summed E-state index contributed by atoms with van der Waals surface area (Å²) in [6.07, 6.45) is -1.84. The van der Waals surface area contributed by atoms with E-state index in [1.807, 2.05) is 0 Å². The van der Waals surface area contributed by atoms with Crippen LogP contribution in [0.1, 0.15) is 33.4 Å². The van der Waals surface area contributed by atoms with Gasteiger partial charge >= 0.3 is 24.3 Å². The lowest BCUT2D eigenvalue weighted by atomic mass is 9.84. The molecule has 2 unspecified atom stereocenters. The first kappa shape index (κ1) is 50.9. The van der Waals surface area contributed by atoms with Gasteiger partial charge in [-0.1, -0.05) is 12.2 Å². The highest BCUT2D eigenvalue weighted by molar-refractivity contribution is 6.13. The van der Waals surface area contributed by atoms with Crippen LogP contribution in [-0.2, 0) is 30.3 Å². The predicted molar refractivity (Wildman–Crippen MR) is 227 cm³/mol. The largest absolute Gasteiger partial charge is 0.497 e. The number of allylic oxidation sites excluding steroid dienone is 2. The number of rotatable bonds is 12. The van der Waals surface area contributed by atoms with Crippen LogP contribution in [0.3, 0.4) is 0 Å². The Hall–Kier alpha value is -7.72. The van der Waals surface area contributed by atoms with Crippen molar-refractivity contribution >= 4 is 46.9 Å². The molecular formula is C44H38F6N4O12. The first-order valence-corrected chi connectivity index (χ1v) is 18.8. The van der Waals surface area contributed by atoms with Crippen LogP contribution in [0.2, 0.25) is 0 Å². The molecule has 16 nitrogen and oxygen atoms in total. The zero-order chi connectivity index (χ0) is 49.0. The summed E-state index contributed by atoms with van der Waals surface area (Å²) in [5.74, 6) is -1.97. The van der Waals surface area contributed by atoms with E-state index < -0.39 is 58.4 Å². The number of nitro benzene ring substituents is 2. The highest BCUT2D eigenvalue weighted by Gasteiger charge is 2.60. The molecule has 0 spiro atoms. The molecule has 0 fully saturated rings. The predicted octanol–water partition coefficient (Wildman–Crippen LogP) is 8.76. The summed E-state index contributed by atoms with van der Waals surface area (Å²) in [6, 6.07) is 20.3. The van der Waals surface area contributed by atoms with Crippen molar-refractivity contribution in [3.63, 3.8) is 0 Å². The summed E-state index contributed by atoms with van der Waals surface area (Å²) >= 11 is 0. The summed E-state index contributed by atoms with van der Waals surface area (Å²) in [6.45, 7) is -1.26. The second-order valence-corrected chi connectivity index (χ2v) is 13.7. The monoisotopic (exact) mass is 928 g/mol. The Bertz CT molecular complexity index is 2420. The smallest absolute Gasteiger partial charge is 0.423 e. The number of nitro groups is 2. The van der Waals surface area contributed by atoms with E-state index in [2.05, 4.69) is 9.98 Å². The van der Waals surface area contributed by atoms with Gasteiger partial charge in [0.15, 0.2) is 0 Å². The molecule has 66 heavy (non-hydrogen) atoms. The van der Waals surface area contributed by atoms with Crippen molar-refractivity contribution in [2.45, 2.75) is 23.6 Å². The number of methoxy groups -OCH3 is 4. The zero-order valence-electron chi connectivity index (χ0n) is 35.0. The molecular weight excluding hydrogens is 890 g/mol. The molecule has 2 atom stereocenters. The van der Waals surface area contributed by atoms with Crippen molar-refractivity contribution in [3.05, 3.63) is 163 Å². The van der Waals surface area contributed by atoms with E-state index in [1.165, 1.54) is 62.8 Å². The Kier molecular flexibility index (Phi) is 16.4. The number of alkyl halides is 6. The number of hydrogen-bond donors (Lipinski definition) is 2. The number of halogens is 6. The molecule has 2 N–H and O–H groups in total. The van der Waals surface area contributed by atoms with Crippen molar-refractivity contribution in [1.29, 1.82) is 0 Å². The second kappa shape index (κ2) is 21.3. The maximum absolute atomic E-state index is 13.9. The van der Waals surface area contributed by atoms with Gasteiger partial charge in [0.2, 0.25) is 11.2 Å². The van der Waals surface area contributed by atoms with Gasteiger partial charge in [0.05, 0.1) is 48.6 Å². The fourth-order valence-electron chi connectivity index (χ4n) is 6.41. The molecule has 4 aromatic carbocycles. The summed E-state index contributed by atoms with van der Waals surface area (Å²) in [7, 11) is 4.75. The van der Waals surface area contributed by atoms with Crippen LogP contribution in [0.4, 0.5) is 37.7 Å². The summed E-state index contributed by atoms with van der Waals surface area (Å²) in [4.78, 5) is 47.8. The van der Waals surface area contributed by atoms with Gasteiger partial charge in [-0.2, -0.15) is 26.3 Å². The molecule has 2 aliphatic rings. The molecule has 0 amide bonds. The summed E-state index contributed by atoms with van der Waals surface area (Å²) in [5.41, 5.74) is -2.87. The fourth-order valence-corrected chi connectivity index (χ4v) is 6.41. The molecule has 22 heteroatoms. The van der Waals surface area contributed by atoms with Crippen molar-refractivity contribution < 1.29 is 74.9 Å². The standard InChI is InChI=1S/2C20H17F3N2O4.C4H4O4/c2*1-28-15-8-9-16-17(11-15)19(29-2,20(21,22)23)12-24-18(16)10-5-13-3-6-14(7-4-13)25(26)27;5-3(6)1-2-4(7)8/h2*3-11H,12H2,1-2H3;1-2H,(H,5,6)(H,7,8). The lowest BCUT2D eigenvalue weighted by Crippen LogP contribution is -2.49. The molecule has 2 heterocycles. The quantitative estimate of drug-likeness (QED) is 0.0589. The van der Waals surface area contributed by atoms with Crippen LogP contribution in [0.15, 0.2) is 119 Å². The molecule has 0 saturated heterocycles. The zero-order valence-corrected chi connectivity index (χ0v) is 35.0. The van der Waals surface area contributed by atoms with Gasteiger partial charge in [0.1, 0.15) is 11.5 Å². The van der Waals surface area contributed by atoms with Gasteiger partial charge < -0.3 is 29.2 Å². The summed E-state index contributed by atoms with van der Waals surface area (Å²) < 4.78 is 103. The summed E-state index contributed by atoms with van der Waals surface area (Å²) in [5, 5.41) is 37.1. The van der Waals surface area contributed by atoms with Crippen molar-refractivity contribution in [1.82, 2.24) is 0 Å². The Labute approximate surface area is 370 Å². The molecule has 4 aromatic rings.